The number of hydrogen-bond donors (Lipinski definition) is 2. The van der Waals surface area contributed by atoms with Crippen LogP contribution in [0, 0.1) is 6.92 Å². The largest absolute Gasteiger partial charge is 0.331 e. The van der Waals surface area contributed by atoms with Crippen LogP contribution in [0.1, 0.15) is 32.3 Å². The molecule has 1 rings (SSSR count). The molecule has 92 valence electrons. The maximum Gasteiger partial charge on any atom is 0.191 e. The van der Waals surface area contributed by atoms with E-state index >= 15 is 0 Å². The molecule has 0 aliphatic heterocycles. The first kappa shape index (κ1) is 13.6. The summed E-state index contributed by atoms with van der Waals surface area (Å²) in [7, 11) is 0. The molecular formula is C13H19N3S. The normalized spacial score (nSPS) is 9.59. The second-order valence-corrected chi connectivity index (χ2v) is 4.17. The molecule has 0 aliphatic carbocycles. The lowest BCUT2D eigenvalue weighted by Crippen LogP contribution is -2.25. The fourth-order valence-corrected chi connectivity index (χ4v) is 1.56. The second-order valence-electron chi connectivity index (χ2n) is 3.77. The minimum Gasteiger partial charge on any atom is -0.331 e. The summed E-state index contributed by atoms with van der Waals surface area (Å²) in [6.45, 7) is 6.21. The lowest BCUT2D eigenvalue weighted by Gasteiger charge is -2.10. The van der Waals surface area contributed by atoms with Crippen LogP contribution in [-0.4, -0.2) is 10.8 Å². The molecule has 0 radical (unpaired) electrons. The zero-order valence-electron chi connectivity index (χ0n) is 10.6. The van der Waals surface area contributed by atoms with E-state index in [4.69, 9.17) is 12.2 Å². The predicted octanol–water partition coefficient (Wildman–Crippen LogP) is 3.46. The van der Waals surface area contributed by atoms with Crippen molar-refractivity contribution >= 4 is 28.7 Å². The number of aryl methyl sites for hydroxylation is 1. The molecule has 0 amide bonds. The van der Waals surface area contributed by atoms with Crippen LogP contribution in [0.3, 0.4) is 0 Å². The second kappa shape index (κ2) is 7.01. The van der Waals surface area contributed by atoms with Gasteiger partial charge in [-0.1, -0.05) is 32.0 Å². The molecule has 0 saturated heterocycles. The zero-order valence-corrected chi connectivity index (χ0v) is 11.4. The van der Waals surface area contributed by atoms with Crippen LogP contribution in [0.2, 0.25) is 0 Å². The molecule has 0 bridgehead atoms. The van der Waals surface area contributed by atoms with E-state index in [2.05, 4.69) is 29.7 Å². The summed E-state index contributed by atoms with van der Waals surface area (Å²) in [5, 5.41) is 7.90. The maximum atomic E-state index is 5.18. The van der Waals surface area contributed by atoms with Gasteiger partial charge in [0.05, 0.1) is 0 Å². The fraction of sp³-hybridized carbons (Fsp3) is 0.385. The Morgan fingerprint density at radius 1 is 1.24 bits per heavy atom. The first-order valence-electron chi connectivity index (χ1n) is 5.85. The van der Waals surface area contributed by atoms with Crippen LogP contribution in [0.15, 0.2) is 29.4 Å². The van der Waals surface area contributed by atoms with Crippen molar-refractivity contribution in [3.63, 3.8) is 0 Å². The first-order valence-corrected chi connectivity index (χ1v) is 6.26. The van der Waals surface area contributed by atoms with Crippen LogP contribution in [-0.2, 0) is 0 Å². The van der Waals surface area contributed by atoms with Crippen molar-refractivity contribution in [1.82, 2.24) is 5.43 Å². The quantitative estimate of drug-likeness (QED) is 0.487. The molecule has 3 nitrogen and oxygen atoms in total. The minimum absolute atomic E-state index is 0.527. The number of hydrogen-bond acceptors (Lipinski definition) is 2. The molecule has 2 N–H and O–H groups in total. The monoisotopic (exact) mass is 249 g/mol. The number of rotatable bonds is 4. The van der Waals surface area contributed by atoms with Gasteiger partial charge in [0, 0.05) is 11.4 Å². The Morgan fingerprint density at radius 2 is 1.88 bits per heavy atom. The van der Waals surface area contributed by atoms with Gasteiger partial charge >= 0.3 is 0 Å². The van der Waals surface area contributed by atoms with E-state index < -0.39 is 0 Å². The number of thiocarbonyl (C=S) groups is 1. The van der Waals surface area contributed by atoms with Crippen LogP contribution in [0.4, 0.5) is 5.69 Å². The summed E-state index contributed by atoms with van der Waals surface area (Å²) in [5.41, 5.74) is 6.15. The van der Waals surface area contributed by atoms with Crippen molar-refractivity contribution in [2.45, 2.75) is 33.6 Å². The lowest BCUT2D eigenvalue weighted by atomic mass is 10.2. The zero-order chi connectivity index (χ0) is 12.7. The third kappa shape index (κ3) is 4.53. The molecule has 0 heterocycles. The Kier molecular flexibility index (Phi) is 5.63. The van der Waals surface area contributed by atoms with Crippen molar-refractivity contribution < 1.29 is 0 Å². The van der Waals surface area contributed by atoms with Crippen LogP contribution >= 0.6 is 12.2 Å². The van der Waals surface area contributed by atoms with Gasteiger partial charge in [0.2, 0.25) is 0 Å². The molecular weight excluding hydrogens is 230 g/mol. The number of benzene rings is 1. The molecule has 0 spiro atoms. The molecule has 1 aromatic rings. The van der Waals surface area contributed by atoms with E-state index in [0.29, 0.717) is 5.11 Å². The Hall–Kier alpha value is -1.42. The molecule has 0 aliphatic rings. The van der Waals surface area contributed by atoms with Gasteiger partial charge in [-0.15, -0.1) is 0 Å². The summed E-state index contributed by atoms with van der Waals surface area (Å²) in [6, 6.07) is 8.01. The van der Waals surface area contributed by atoms with E-state index in [0.717, 1.165) is 29.8 Å². The predicted molar refractivity (Wildman–Crippen MR) is 78.6 cm³/mol. The highest BCUT2D eigenvalue weighted by molar-refractivity contribution is 7.80. The summed E-state index contributed by atoms with van der Waals surface area (Å²) < 4.78 is 0. The molecule has 0 saturated carbocycles. The number of para-hydroxylation sites is 1. The molecule has 0 aromatic heterocycles. The number of hydrazone groups is 1. The number of anilines is 1. The van der Waals surface area contributed by atoms with Crippen LogP contribution in [0.5, 0.6) is 0 Å². The van der Waals surface area contributed by atoms with Crippen molar-refractivity contribution in [2.75, 3.05) is 5.32 Å². The van der Waals surface area contributed by atoms with E-state index in [1.165, 1.54) is 0 Å². The first-order chi connectivity index (χ1) is 8.17. The maximum absolute atomic E-state index is 5.18. The smallest absolute Gasteiger partial charge is 0.191 e. The minimum atomic E-state index is 0.527. The average molecular weight is 249 g/mol. The lowest BCUT2D eigenvalue weighted by molar-refractivity contribution is 0.992. The van der Waals surface area contributed by atoms with Gasteiger partial charge in [0.25, 0.3) is 0 Å². The Balaban J connectivity index is 2.56. The van der Waals surface area contributed by atoms with Gasteiger partial charge in [-0.2, -0.15) is 5.10 Å². The third-order valence-corrected chi connectivity index (χ3v) is 2.72. The Labute approximate surface area is 108 Å². The Bertz CT molecular complexity index is 407. The van der Waals surface area contributed by atoms with Gasteiger partial charge in [0.15, 0.2) is 5.11 Å². The molecule has 4 heteroatoms. The summed E-state index contributed by atoms with van der Waals surface area (Å²) in [6.07, 6.45) is 1.88. The average Bonchev–Trinajstić information content (AvgIpc) is 2.33. The highest BCUT2D eigenvalue weighted by Crippen LogP contribution is 2.12. The van der Waals surface area contributed by atoms with Crippen molar-refractivity contribution in [1.29, 1.82) is 0 Å². The summed E-state index contributed by atoms with van der Waals surface area (Å²) in [4.78, 5) is 0. The fourth-order valence-electron chi connectivity index (χ4n) is 1.40. The summed E-state index contributed by atoms with van der Waals surface area (Å²) >= 11 is 5.18. The van der Waals surface area contributed by atoms with Crippen LogP contribution in [0.25, 0.3) is 0 Å². The van der Waals surface area contributed by atoms with Gasteiger partial charge in [-0.3, -0.25) is 5.43 Å². The summed E-state index contributed by atoms with van der Waals surface area (Å²) in [5.74, 6) is 0. The van der Waals surface area contributed by atoms with Gasteiger partial charge in [0.1, 0.15) is 0 Å². The molecule has 1 aromatic carbocycles. The number of nitrogens with zero attached hydrogens (tertiary/aromatic N) is 1. The van der Waals surface area contributed by atoms with E-state index in [1.807, 2.05) is 31.2 Å². The van der Waals surface area contributed by atoms with Crippen molar-refractivity contribution in [3.05, 3.63) is 29.8 Å². The van der Waals surface area contributed by atoms with E-state index in [1.54, 1.807) is 0 Å². The van der Waals surface area contributed by atoms with Crippen LogP contribution < -0.4 is 10.7 Å². The van der Waals surface area contributed by atoms with E-state index in [-0.39, 0.29) is 0 Å². The Morgan fingerprint density at radius 3 is 2.47 bits per heavy atom. The van der Waals surface area contributed by atoms with Crippen molar-refractivity contribution in [3.8, 4) is 0 Å². The van der Waals surface area contributed by atoms with E-state index in [9.17, 15) is 0 Å². The standard InChI is InChI=1S/C13H19N3S/c1-4-11(5-2)15-16-13(17)14-12-9-7-6-8-10(12)3/h6-9H,4-5H2,1-3H3,(H2,14,16,17). The highest BCUT2D eigenvalue weighted by Gasteiger charge is 1.99. The highest BCUT2D eigenvalue weighted by atomic mass is 32.1. The van der Waals surface area contributed by atoms with Gasteiger partial charge < -0.3 is 5.32 Å². The van der Waals surface area contributed by atoms with Crippen molar-refractivity contribution in [2.24, 2.45) is 5.10 Å². The molecule has 0 atom stereocenters. The topological polar surface area (TPSA) is 36.4 Å². The van der Waals surface area contributed by atoms with Gasteiger partial charge in [-0.05, 0) is 43.6 Å². The SMILES string of the molecule is CCC(CC)=NNC(=S)Nc1ccccc1C. The third-order valence-electron chi connectivity index (χ3n) is 2.53. The number of nitrogens with one attached hydrogen (secondary N) is 2. The molecule has 0 unspecified atom stereocenters. The molecule has 17 heavy (non-hydrogen) atoms. The molecule has 0 fully saturated rings. The van der Waals surface area contributed by atoms with Gasteiger partial charge in [-0.25, -0.2) is 0 Å².